The number of nitrogens with two attached hydrogens (primary N) is 1. The van der Waals surface area contributed by atoms with Crippen molar-refractivity contribution in [3.63, 3.8) is 0 Å². The van der Waals surface area contributed by atoms with E-state index in [0.717, 1.165) is 34.0 Å². The number of amides is 2. The van der Waals surface area contributed by atoms with E-state index in [-0.39, 0.29) is 24.0 Å². The smallest absolute Gasteiger partial charge is 0.255 e. The molecule has 5 rings (SSSR count). The van der Waals surface area contributed by atoms with Gasteiger partial charge in [0.15, 0.2) is 0 Å². The fourth-order valence-corrected chi connectivity index (χ4v) is 4.61. The normalized spacial score (nSPS) is 13.3. The number of imidazole rings is 1. The van der Waals surface area contributed by atoms with Gasteiger partial charge >= 0.3 is 0 Å². The van der Waals surface area contributed by atoms with E-state index < -0.39 is 18.3 Å². The second kappa shape index (κ2) is 10.9. The van der Waals surface area contributed by atoms with Crippen molar-refractivity contribution in [3.05, 3.63) is 83.4 Å². The molecule has 3 heterocycles. The van der Waals surface area contributed by atoms with Crippen LogP contribution in [0.3, 0.4) is 0 Å². The number of hydrogen-bond acceptors (Lipinski definition) is 7. The number of ether oxygens (including phenoxy) is 1. The Hall–Kier alpha value is -4.77. The number of anilines is 1. The lowest BCUT2D eigenvalue weighted by Crippen LogP contribution is -2.36. The van der Waals surface area contributed by atoms with E-state index >= 15 is 0 Å². The minimum absolute atomic E-state index is 0.120. The van der Waals surface area contributed by atoms with Crippen LogP contribution in [0, 0.1) is 5.82 Å². The van der Waals surface area contributed by atoms with Gasteiger partial charge in [-0.25, -0.2) is 14.4 Å². The van der Waals surface area contributed by atoms with Gasteiger partial charge in [-0.2, -0.15) is 0 Å². The zero-order valence-corrected chi connectivity index (χ0v) is 21.2. The Morgan fingerprint density at radius 2 is 1.97 bits per heavy atom. The van der Waals surface area contributed by atoms with Crippen LogP contribution < -0.4 is 15.8 Å². The minimum atomic E-state index is -0.523. The Kier molecular flexibility index (Phi) is 7.24. The number of halogens is 1. The minimum Gasteiger partial charge on any atom is -0.496 e. The van der Waals surface area contributed by atoms with E-state index in [1.165, 1.54) is 19.2 Å². The first-order valence-corrected chi connectivity index (χ1v) is 12.3. The molecule has 2 aromatic heterocycles. The van der Waals surface area contributed by atoms with Crippen molar-refractivity contribution in [2.45, 2.75) is 13.0 Å². The molecule has 2 amide bonds. The zero-order valence-electron chi connectivity index (χ0n) is 21.2. The van der Waals surface area contributed by atoms with Crippen molar-refractivity contribution < 1.29 is 23.8 Å². The number of aromatic nitrogens is 3. The van der Waals surface area contributed by atoms with Gasteiger partial charge in [0.2, 0.25) is 11.9 Å². The lowest BCUT2D eigenvalue weighted by atomic mass is 10.0. The van der Waals surface area contributed by atoms with Crippen molar-refractivity contribution in [2.24, 2.45) is 0 Å². The molecule has 0 atom stereocenters. The standard InChI is InChI=1S/C28H27FN6O4/c1-39-23-7-6-20(29)14-21(23)27(38)32-15-17-2-4-19(5-3-17)26-33-25(22-8-11-31-28(30)35(22)26)18-9-12-34(13-10-18)24(37)16-36/h2-9,11,14,36H,10,12-13,15-16H2,1H3,(H2,30,31)(H,32,38). The van der Waals surface area contributed by atoms with Gasteiger partial charge in [0.25, 0.3) is 5.91 Å². The van der Waals surface area contributed by atoms with Gasteiger partial charge in [0.1, 0.15) is 24.0 Å². The third-order valence-corrected chi connectivity index (χ3v) is 6.65. The number of nitrogens with one attached hydrogen (secondary N) is 1. The molecule has 0 saturated heterocycles. The van der Waals surface area contributed by atoms with Crippen LogP contribution in [0.1, 0.15) is 28.0 Å². The Morgan fingerprint density at radius 1 is 1.18 bits per heavy atom. The van der Waals surface area contributed by atoms with E-state index in [4.69, 9.17) is 20.6 Å². The number of rotatable bonds is 7. The first kappa shape index (κ1) is 25.9. The van der Waals surface area contributed by atoms with Gasteiger partial charge in [-0.3, -0.25) is 14.0 Å². The quantitative estimate of drug-likeness (QED) is 0.334. The molecule has 1 aliphatic rings. The summed E-state index contributed by atoms with van der Waals surface area (Å²) in [4.78, 5) is 35.2. The Balaban J connectivity index is 1.38. The lowest BCUT2D eigenvalue weighted by molar-refractivity contribution is -0.133. The summed E-state index contributed by atoms with van der Waals surface area (Å²) in [5.74, 6) is -0.0854. The molecular formula is C28H27FN6O4. The molecule has 1 aliphatic heterocycles. The number of nitrogens with zero attached hydrogens (tertiary/aromatic N) is 4. The zero-order chi connectivity index (χ0) is 27.5. The second-order valence-corrected chi connectivity index (χ2v) is 9.01. The van der Waals surface area contributed by atoms with Gasteiger partial charge in [0.05, 0.1) is 23.9 Å². The van der Waals surface area contributed by atoms with Gasteiger partial charge in [0, 0.05) is 31.4 Å². The molecule has 0 saturated carbocycles. The van der Waals surface area contributed by atoms with Crippen LogP contribution >= 0.6 is 0 Å². The molecule has 4 aromatic rings. The molecule has 0 radical (unpaired) electrons. The third-order valence-electron chi connectivity index (χ3n) is 6.65. The van der Waals surface area contributed by atoms with E-state index in [1.54, 1.807) is 15.5 Å². The molecular weight excluding hydrogens is 503 g/mol. The highest BCUT2D eigenvalue weighted by Crippen LogP contribution is 2.31. The number of aliphatic hydroxyl groups excluding tert-OH is 1. The number of benzene rings is 2. The summed E-state index contributed by atoms with van der Waals surface area (Å²) in [6.07, 6.45) is 4.16. The van der Waals surface area contributed by atoms with Crippen molar-refractivity contribution in [1.82, 2.24) is 24.6 Å². The molecule has 11 heteroatoms. The van der Waals surface area contributed by atoms with Crippen LogP contribution in [0.25, 0.3) is 22.5 Å². The molecule has 0 bridgehead atoms. The van der Waals surface area contributed by atoms with Crippen LogP contribution in [0.15, 0.2) is 60.8 Å². The van der Waals surface area contributed by atoms with Crippen molar-refractivity contribution in [3.8, 4) is 17.1 Å². The summed E-state index contributed by atoms with van der Waals surface area (Å²) < 4.78 is 20.6. The Morgan fingerprint density at radius 3 is 2.67 bits per heavy atom. The summed E-state index contributed by atoms with van der Waals surface area (Å²) in [5.41, 5.74) is 10.5. The maximum Gasteiger partial charge on any atom is 0.255 e. The van der Waals surface area contributed by atoms with Crippen LogP contribution in [-0.2, 0) is 11.3 Å². The third kappa shape index (κ3) is 5.16. The van der Waals surface area contributed by atoms with Gasteiger partial charge in [-0.15, -0.1) is 0 Å². The molecule has 0 spiro atoms. The Bertz CT molecular complexity index is 1580. The van der Waals surface area contributed by atoms with Crippen molar-refractivity contribution in [2.75, 3.05) is 32.5 Å². The number of hydrogen-bond donors (Lipinski definition) is 3. The average Bonchev–Trinajstić information content (AvgIpc) is 3.37. The van der Waals surface area contributed by atoms with Crippen molar-refractivity contribution >= 4 is 28.9 Å². The van der Waals surface area contributed by atoms with Gasteiger partial charge < -0.3 is 25.8 Å². The molecule has 0 fully saturated rings. The predicted molar refractivity (Wildman–Crippen MR) is 143 cm³/mol. The topological polar surface area (TPSA) is 135 Å². The lowest BCUT2D eigenvalue weighted by Gasteiger charge is -2.25. The molecule has 4 N–H and O–H groups in total. The molecule has 0 unspecified atom stereocenters. The van der Waals surface area contributed by atoms with Gasteiger partial charge in [-0.1, -0.05) is 30.3 Å². The highest BCUT2D eigenvalue weighted by Gasteiger charge is 2.22. The summed E-state index contributed by atoms with van der Waals surface area (Å²) >= 11 is 0. The fraction of sp³-hybridized carbons (Fsp3) is 0.214. The predicted octanol–water partition coefficient (Wildman–Crippen LogP) is 2.66. The van der Waals surface area contributed by atoms with Gasteiger partial charge in [-0.05, 0) is 41.8 Å². The summed E-state index contributed by atoms with van der Waals surface area (Å²) in [7, 11) is 1.42. The largest absolute Gasteiger partial charge is 0.496 e. The van der Waals surface area contributed by atoms with E-state index in [9.17, 15) is 14.0 Å². The summed E-state index contributed by atoms with van der Waals surface area (Å²) in [6.45, 7) is 0.598. The number of fused-ring (bicyclic) bond motifs is 1. The molecule has 10 nitrogen and oxygen atoms in total. The molecule has 39 heavy (non-hydrogen) atoms. The highest BCUT2D eigenvalue weighted by molar-refractivity contribution is 5.97. The monoisotopic (exact) mass is 530 g/mol. The first-order chi connectivity index (χ1) is 18.9. The molecule has 0 aliphatic carbocycles. The molecule has 2 aromatic carbocycles. The van der Waals surface area contributed by atoms with Crippen molar-refractivity contribution in [1.29, 1.82) is 0 Å². The highest BCUT2D eigenvalue weighted by atomic mass is 19.1. The van der Waals surface area contributed by atoms with Crippen LogP contribution in [0.2, 0.25) is 0 Å². The maximum atomic E-state index is 13.7. The number of carbonyl (C=O) groups is 2. The Labute approximate surface area is 223 Å². The second-order valence-electron chi connectivity index (χ2n) is 9.01. The summed E-state index contributed by atoms with van der Waals surface area (Å²) in [5, 5.41) is 11.9. The van der Waals surface area contributed by atoms with Crippen LogP contribution in [-0.4, -0.2) is 63.0 Å². The van der Waals surface area contributed by atoms with Crippen LogP contribution in [0.4, 0.5) is 10.3 Å². The van der Waals surface area contributed by atoms with E-state index in [2.05, 4.69) is 10.3 Å². The fourth-order valence-electron chi connectivity index (χ4n) is 4.61. The number of carbonyl (C=O) groups excluding carboxylic acids is 2. The molecule has 200 valence electrons. The SMILES string of the molecule is COc1ccc(F)cc1C(=O)NCc1ccc(-c2nc(C3=CCN(C(=O)CO)CC3)c3ccnc(N)n23)cc1. The van der Waals surface area contributed by atoms with Crippen LogP contribution in [0.5, 0.6) is 5.75 Å². The first-order valence-electron chi connectivity index (χ1n) is 12.3. The van der Waals surface area contributed by atoms with E-state index in [0.29, 0.717) is 31.1 Å². The maximum absolute atomic E-state index is 13.7. The number of methoxy groups -OCH3 is 1. The average molecular weight is 531 g/mol. The summed E-state index contributed by atoms with van der Waals surface area (Å²) in [6, 6.07) is 13.1. The van der Waals surface area contributed by atoms with E-state index in [1.807, 2.05) is 36.4 Å². The number of nitrogen functional groups attached to an aromatic ring is 1. The number of aliphatic hydroxyl groups is 1.